The lowest BCUT2D eigenvalue weighted by Crippen LogP contribution is -2.40. The Morgan fingerprint density at radius 3 is 2.72 bits per heavy atom. The summed E-state index contributed by atoms with van der Waals surface area (Å²) in [5.74, 6) is -2.03. The van der Waals surface area contributed by atoms with Crippen molar-refractivity contribution in [3.8, 4) is 5.88 Å². The number of aromatic nitrogens is 1. The minimum Gasteiger partial charge on any atom is -0.494 e. The standard InChI is InChI=1S/C11H12N2O5/c14-8-4-6(5-9(15)12-8)10(16)13-3-1-2-7(13)11(17)18/h4-5,7H,1-3H2,(H,17,18)(H2,12,14,15). The Bertz CT molecular complexity index is 551. The van der Waals surface area contributed by atoms with Crippen LogP contribution in [0.15, 0.2) is 16.9 Å². The van der Waals surface area contributed by atoms with Gasteiger partial charge in [-0.25, -0.2) is 4.79 Å². The molecule has 0 aromatic carbocycles. The van der Waals surface area contributed by atoms with Gasteiger partial charge in [-0.15, -0.1) is 0 Å². The third-order valence-corrected chi connectivity index (χ3v) is 2.88. The smallest absolute Gasteiger partial charge is 0.326 e. The van der Waals surface area contributed by atoms with Crippen LogP contribution in [-0.2, 0) is 4.79 Å². The van der Waals surface area contributed by atoms with Crippen molar-refractivity contribution < 1.29 is 19.8 Å². The molecule has 1 amide bonds. The number of carbonyl (C=O) groups is 2. The molecule has 7 nitrogen and oxygen atoms in total. The fraction of sp³-hybridized carbons (Fsp3) is 0.364. The van der Waals surface area contributed by atoms with Gasteiger partial charge in [0.2, 0.25) is 0 Å². The Morgan fingerprint density at radius 2 is 2.11 bits per heavy atom. The highest BCUT2D eigenvalue weighted by atomic mass is 16.4. The van der Waals surface area contributed by atoms with Crippen LogP contribution in [0.25, 0.3) is 0 Å². The van der Waals surface area contributed by atoms with E-state index in [9.17, 15) is 19.5 Å². The summed E-state index contributed by atoms with van der Waals surface area (Å²) < 4.78 is 0. The van der Waals surface area contributed by atoms with E-state index >= 15 is 0 Å². The number of nitrogens with one attached hydrogen (secondary N) is 1. The number of nitrogens with zero attached hydrogens (tertiary/aromatic N) is 1. The molecule has 3 N–H and O–H groups in total. The Hall–Kier alpha value is -2.31. The maximum absolute atomic E-state index is 12.1. The number of carboxylic acid groups (broad SMARTS) is 1. The second kappa shape index (κ2) is 4.52. The zero-order chi connectivity index (χ0) is 13.3. The molecule has 2 heterocycles. The maximum atomic E-state index is 12.1. The highest BCUT2D eigenvalue weighted by molar-refractivity contribution is 5.97. The van der Waals surface area contributed by atoms with Gasteiger partial charge in [-0.2, -0.15) is 0 Å². The molecule has 1 fully saturated rings. The molecule has 1 unspecified atom stereocenters. The van der Waals surface area contributed by atoms with Crippen molar-refractivity contribution >= 4 is 11.9 Å². The number of H-pyrrole nitrogens is 1. The molecule has 0 aliphatic carbocycles. The topological polar surface area (TPSA) is 111 Å². The highest BCUT2D eigenvalue weighted by Crippen LogP contribution is 2.20. The van der Waals surface area contributed by atoms with Gasteiger partial charge < -0.3 is 15.1 Å². The molecule has 7 heteroatoms. The minimum atomic E-state index is -1.06. The van der Waals surface area contributed by atoms with Crippen LogP contribution in [0.3, 0.4) is 0 Å². The molecular weight excluding hydrogens is 240 g/mol. The average molecular weight is 252 g/mol. The summed E-state index contributed by atoms with van der Waals surface area (Å²) in [6.07, 6.45) is 1.01. The van der Waals surface area contributed by atoms with Crippen LogP contribution in [0, 0.1) is 0 Å². The third-order valence-electron chi connectivity index (χ3n) is 2.88. The monoisotopic (exact) mass is 252 g/mol. The van der Waals surface area contributed by atoms with Gasteiger partial charge in [-0.1, -0.05) is 0 Å². The first kappa shape index (κ1) is 12.2. The molecule has 96 valence electrons. The molecule has 2 rings (SSSR count). The van der Waals surface area contributed by atoms with Crippen molar-refractivity contribution in [1.82, 2.24) is 9.88 Å². The fourth-order valence-electron chi connectivity index (χ4n) is 2.08. The van der Waals surface area contributed by atoms with Crippen LogP contribution >= 0.6 is 0 Å². The third kappa shape index (κ3) is 2.20. The molecule has 0 bridgehead atoms. The largest absolute Gasteiger partial charge is 0.494 e. The van der Waals surface area contributed by atoms with E-state index in [1.165, 1.54) is 4.90 Å². The lowest BCUT2D eigenvalue weighted by atomic mass is 10.2. The zero-order valence-corrected chi connectivity index (χ0v) is 9.42. The van der Waals surface area contributed by atoms with Gasteiger partial charge >= 0.3 is 5.97 Å². The van der Waals surface area contributed by atoms with Crippen molar-refractivity contribution in [3.05, 3.63) is 28.0 Å². The van der Waals surface area contributed by atoms with E-state index in [1.54, 1.807) is 0 Å². The average Bonchev–Trinajstić information content (AvgIpc) is 2.75. The van der Waals surface area contributed by atoms with Crippen LogP contribution in [-0.4, -0.2) is 44.6 Å². The highest BCUT2D eigenvalue weighted by Gasteiger charge is 2.34. The van der Waals surface area contributed by atoms with Gasteiger partial charge in [-0.3, -0.25) is 14.6 Å². The van der Waals surface area contributed by atoms with E-state index in [0.717, 1.165) is 12.1 Å². The number of rotatable bonds is 2. The van der Waals surface area contributed by atoms with Crippen LogP contribution in [0.2, 0.25) is 0 Å². The number of aromatic amines is 1. The first-order valence-electron chi connectivity index (χ1n) is 5.46. The molecule has 0 saturated carbocycles. The van der Waals surface area contributed by atoms with Gasteiger partial charge in [0.05, 0.1) is 5.56 Å². The normalized spacial score (nSPS) is 18.9. The number of likely N-dealkylation sites (tertiary alicyclic amines) is 1. The number of aliphatic carboxylic acids is 1. The van der Waals surface area contributed by atoms with E-state index in [0.29, 0.717) is 19.4 Å². The molecule has 0 spiro atoms. The lowest BCUT2D eigenvalue weighted by molar-refractivity contribution is -0.141. The van der Waals surface area contributed by atoms with Gasteiger partial charge in [0.25, 0.3) is 11.5 Å². The minimum absolute atomic E-state index is 0.00981. The second-order valence-corrected chi connectivity index (χ2v) is 4.11. The lowest BCUT2D eigenvalue weighted by Gasteiger charge is -2.21. The van der Waals surface area contributed by atoms with E-state index in [1.807, 2.05) is 0 Å². The fourth-order valence-corrected chi connectivity index (χ4v) is 2.08. The van der Waals surface area contributed by atoms with Crippen molar-refractivity contribution in [3.63, 3.8) is 0 Å². The van der Waals surface area contributed by atoms with Crippen LogP contribution in [0.1, 0.15) is 23.2 Å². The summed E-state index contributed by atoms with van der Waals surface area (Å²) in [6.45, 7) is 0.337. The zero-order valence-electron chi connectivity index (χ0n) is 9.42. The summed E-state index contributed by atoms with van der Waals surface area (Å²) in [5, 5.41) is 18.2. The van der Waals surface area contributed by atoms with Crippen molar-refractivity contribution in [2.45, 2.75) is 18.9 Å². The van der Waals surface area contributed by atoms with E-state index in [-0.39, 0.29) is 5.56 Å². The van der Waals surface area contributed by atoms with Gasteiger partial charge in [0, 0.05) is 18.7 Å². The van der Waals surface area contributed by atoms with Gasteiger partial charge in [-0.05, 0) is 12.8 Å². The molecule has 1 saturated heterocycles. The summed E-state index contributed by atoms with van der Waals surface area (Å²) in [6, 6.07) is 1.29. The summed E-state index contributed by atoms with van der Waals surface area (Å²) >= 11 is 0. The Balaban J connectivity index is 2.30. The maximum Gasteiger partial charge on any atom is 0.326 e. The van der Waals surface area contributed by atoms with Crippen LogP contribution in [0.5, 0.6) is 5.88 Å². The van der Waals surface area contributed by atoms with E-state index < -0.39 is 29.4 Å². The molecule has 18 heavy (non-hydrogen) atoms. The Labute approximate surface area is 102 Å². The van der Waals surface area contributed by atoms with Crippen molar-refractivity contribution in [1.29, 1.82) is 0 Å². The number of amides is 1. The summed E-state index contributed by atoms with van der Waals surface area (Å²) in [7, 11) is 0. The number of hydrogen-bond donors (Lipinski definition) is 3. The first-order valence-corrected chi connectivity index (χ1v) is 5.46. The number of carbonyl (C=O) groups excluding carboxylic acids is 1. The van der Waals surface area contributed by atoms with Gasteiger partial charge in [0.1, 0.15) is 6.04 Å². The number of pyridine rings is 1. The number of aromatic hydroxyl groups is 1. The molecular formula is C11H12N2O5. The summed E-state index contributed by atoms with van der Waals surface area (Å²) in [4.78, 5) is 37.5. The van der Waals surface area contributed by atoms with E-state index in [4.69, 9.17) is 5.11 Å². The number of carboxylic acids is 1. The molecule has 1 aliphatic heterocycles. The predicted molar refractivity (Wildman–Crippen MR) is 60.4 cm³/mol. The van der Waals surface area contributed by atoms with Gasteiger partial charge in [0.15, 0.2) is 5.88 Å². The quantitative estimate of drug-likeness (QED) is 0.673. The van der Waals surface area contributed by atoms with E-state index in [2.05, 4.69) is 4.98 Å². The molecule has 0 radical (unpaired) electrons. The Kier molecular flexibility index (Phi) is 3.05. The molecule has 1 atom stereocenters. The molecule has 1 aromatic rings. The second-order valence-electron chi connectivity index (χ2n) is 4.11. The van der Waals surface area contributed by atoms with Crippen molar-refractivity contribution in [2.24, 2.45) is 0 Å². The SMILES string of the molecule is O=C(O)C1CCCN1C(=O)c1cc(O)[nH]c(=O)c1. The Morgan fingerprint density at radius 1 is 1.39 bits per heavy atom. The van der Waals surface area contributed by atoms with Crippen molar-refractivity contribution in [2.75, 3.05) is 6.54 Å². The predicted octanol–water partition coefficient (Wildman–Crippen LogP) is -0.230. The molecule has 1 aromatic heterocycles. The first-order chi connectivity index (χ1) is 8.49. The number of hydrogen-bond acceptors (Lipinski definition) is 4. The van der Waals surface area contributed by atoms with Crippen LogP contribution < -0.4 is 5.56 Å². The molecule has 1 aliphatic rings. The van der Waals surface area contributed by atoms with Crippen LogP contribution in [0.4, 0.5) is 0 Å². The summed E-state index contributed by atoms with van der Waals surface area (Å²) in [5.41, 5.74) is -0.617.